The van der Waals surface area contributed by atoms with E-state index in [4.69, 9.17) is 0 Å². The van der Waals surface area contributed by atoms with Gasteiger partial charge in [-0.1, -0.05) is 20.4 Å². The van der Waals surface area contributed by atoms with Crippen LogP contribution in [0.5, 0.6) is 0 Å². The first-order valence-electron chi connectivity index (χ1n) is 3.53. The number of nitrogens with zero attached hydrogens (tertiary/aromatic N) is 1. The molecule has 0 N–H and O–H groups in total. The standard InChI is InChI=1S/C6H13N.C2H6/c1-5-7(4)6(2)3;1-2/h5-6H,1H2,2-4H3;1-2H3. The summed E-state index contributed by atoms with van der Waals surface area (Å²) in [4.78, 5) is 2.06. The van der Waals surface area contributed by atoms with Gasteiger partial charge in [0.25, 0.3) is 0 Å². The summed E-state index contributed by atoms with van der Waals surface area (Å²) in [7, 11) is 2.01. The minimum atomic E-state index is 0.581. The maximum Gasteiger partial charge on any atom is 0.0224 e. The van der Waals surface area contributed by atoms with Crippen LogP contribution in [0, 0.1) is 0 Å². The van der Waals surface area contributed by atoms with Gasteiger partial charge in [0.1, 0.15) is 0 Å². The zero-order chi connectivity index (χ0) is 7.86. The molecule has 0 saturated heterocycles. The van der Waals surface area contributed by atoms with Crippen LogP contribution >= 0.6 is 0 Å². The molecule has 0 bridgehead atoms. The van der Waals surface area contributed by atoms with Gasteiger partial charge in [-0.15, -0.1) is 0 Å². The highest BCUT2D eigenvalue weighted by Gasteiger charge is 1.91. The predicted molar refractivity (Wildman–Crippen MR) is 44.4 cm³/mol. The maximum absolute atomic E-state index is 3.61. The highest BCUT2D eigenvalue weighted by Crippen LogP contribution is 1.90. The lowest BCUT2D eigenvalue weighted by atomic mass is 10.4. The van der Waals surface area contributed by atoms with Gasteiger partial charge < -0.3 is 4.90 Å². The molecule has 0 fully saturated rings. The molecule has 0 aromatic rings. The molecule has 56 valence electrons. The fourth-order valence-electron chi connectivity index (χ4n) is 0.211. The molecule has 0 saturated carbocycles. The van der Waals surface area contributed by atoms with Gasteiger partial charge in [0, 0.05) is 13.1 Å². The zero-order valence-electron chi connectivity index (χ0n) is 7.31. The van der Waals surface area contributed by atoms with E-state index >= 15 is 0 Å². The van der Waals surface area contributed by atoms with Crippen molar-refractivity contribution in [1.82, 2.24) is 4.90 Å². The first kappa shape index (κ1) is 11.4. The third-order valence-electron chi connectivity index (χ3n) is 1.10. The van der Waals surface area contributed by atoms with Crippen molar-refractivity contribution in [2.75, 3.05) is 7.05 Å². The zero-order valence-corrected chi connectivity index (χ0v) is 7.31. The second-order valence-electron chi connectivity index (χ2n) is 1.94. The second kappa shape index (κ2) is 7.54. The average molecular weight is 129 g/mol. The van der Waals surface area contributed by atoms with Crippen molar-refractivity contribution in [2.45, 2.75) is 33.7 Å². The van der Waals surface area contributed by atoms with Crippen LogP contribution in [0.25, 0.3) is 0 Å². The predicted octanol–water partition coefficient (Wildman–Crippen LogP) is 2.50. The quantitative estimate of drug-likeness (QED) is 0.553. The van der Waals surface area contributed by atoms with Crippen LogP contribution in [0.4, 0.5) is 0 Å². The Morgan fingerprint density at radius 3 is 1.67 bits per heavy atom. The van der Waals surface area contributed by atoms with Crippen LogP contribution in [0.15, 0.2) is 12.8 Å². The lowest BCUT2D eigenvalue weighted by Crippen LogP contribution is -2.18. The Labute approximate surface area is 59.4 Å². The molecule has 0 aromatic heterocycles. The Kier molecular flexibility index (Phi) is 9.51. The molecule has 0 heterocycles. The SMILES string of the molecule is C=CN(C)C(C)C.CC. The molecule has 0 radical (unpaired) electrons. The van der Waals surface area contributed by atoms with Crippen molar-refractivity contribution in [3.63, 3.8) is 0 Å². The molecule has 0 aliphatic heterocycles. The normalized spacial score (nSPS) is 7.78. The molecule has 0 rings (SSSR count). The highest BCUT2D eigenvalue weighted by atomic mass is 15.1. The largest absolute Gasteiger partial charge is 0.379 e. The number of hydrogen-bond acceptors (Lipinski definition) is 1. The highest BCUT2D eigenvalue weighted by molar-refractivity contribution is 4.68. The van der Waals surface area contributed by atoms with Crippen LogP contribution in [0.1, 0.15) is 27.7 Å². The molecular weight excluding hydrogens is 110 g/mol. The Bertz CT molecular complexity index is 57.6. The molecular formula is C8H19N. The van der Waals surface area contributed by atoms with E-state index in [1.165, 1.54) is 0 Å². The Hall–Kier alpha value is -0.460. The molecule has 0 aliphatic rings. The van der Waals surface area contributed by atoms with Crippen LogP contribution in [0.2, 0.25) is 0 Å². The van der Waals surface area contributed by atoms with Gasteiger partial charge in [-0.25, -0.2) is 0 Å². The summed E-state index contributed by atoms with van der Waals surface area (Å²) in [5.41, 5.74) is 0. The van der Waals surface area contributed by atoms with Gasteiger partial charge in [-0.2, -0.15) is 0 Å². The fourth-order valence-corrected chi connectivity index (χ4v) is 0.211. The minimum Gasteiger partial charge on any atom is -0.379 e. The molecule has 0 amide bonds. The summed E-state index contributed by atoms with van der Waals surface area (Å²) in [6, 6.07) is 0.581. The van der Waals surface area contributed by atoms with Crippen molar-refractivity contribution in [3.8, 4) is 0 Å². The van der Waals surface area contributed by atoms with E-state index in [9.17, 15) is 0 Å². The van der Waals surface area contributed by atoms with Crippen molar-refractivity contribution < 1.29 is 0 Å². The Morgan fingerprint density at radius 1 is 1.33 bits per heavy atom. The van der Waals surface area contributed by atoms with Gasteiger partial charge in [0.2, 0.25) is 0 Å². The van der Waals surface area contributed by atoms with Crippen molar-refractivity contribution in [1.29, 1.82) is 0 Å². The maximum atomic E-state index is 3.61. The van der Waals surface area contributed by atoms with Crippen LogP contribution in [0.3, 0.4) is 0 Å². The second-order valence-corrected chi connectivity index (χ2v) is 1.94. The van der Waals surface area contributed by atoms with Crippen molar-refractivity contribution in [3.05, 3.63) is 12.8 Å². The van der Waals surface area contributed by atoms with Crippen molar-refractivity contribution in [2.24, 2.45) is 0 Å². The summed E-state index contributed by atoms with van der Waals surface area (Å²) in [6.45, 7) is 11.9. The van der Waals surface area contributed by atoms with Crippen LogP contribution in [-0.4, -0.2) is 18.0 Å². The monoisotopic (exact) mass is 129 g/mol. The van der Waals surface area contributed by atoms with E-state index in [1.54, 1.807) is 0 Å². The molecule has 1 heteroatoms. The molecule has 0 aromatic carbocycles. The van der Waals surface area contributed by atoms with Crippen LogP contribution < -0.4 is 0 Å². The molecule has 0 unspecified atom stereocenters. The smallest absolute Gasteiger partial charge is 0.0224 e. The molecule has 0 aliphatic carbocycles. The molecule has 9 heavy (non-hydrogen) atoms. The average Bonchev–Trinajstić information content (AvgIpc) is 1.91. The van der Waals surface area contributed by atoms with E-state index in [0.29, 0.717) is 6.04 Å². The molecule has 0 spiro atoms. The lowest BCUT2D eigenvalue weighted by Gasteiger charge is -2.16. The first-order chi connectivity index (χ1) is 4.18. The summed E-state index contributed by atoms with van der Waals surface area (Å²) >= 11 is 0. The van der Waals surface area contributed by atoms with Gasteiger partial charge in [0.05, 0.1) is 0 Å². The topological polar surface area (TPSA) is 3.24 Å². The first-order valence-corrected chi connectivity index (χ1v) is 3.53. The summed E-state index contributed by atoms with van der Waals surface area (Å²) in [6.07, 6.45) is 1.82. The summed E-state index contributed by atoms with van der Waals surface area (Å²) in [5.74, 6) is 0. The van der Waals surface area contributed by atoms with Gasteiger partial charge >= 0.3 is 0 Å². The van der Waals surface area contributed by atoms with E-state index < -0.39 is 0 Å². The minimum absolute atomic E-state index is 0.581. The van der Waals surface area contributed by atoms with E-state index in [1.807, 2.05) is 27.1 Å². The lowest BCUT2D eigenvalue weighted by molar-refractivity contribution is 0.377. The Morgan fingerprint density at radius 2 is 1.67 bits per heavy atom. The number of rotatable bonds is 2. The third-order valence-corrected chi connectivity index (χ3v) is 1.10. The van der Waals surface area contributed by atoms with Crippen molar-refractivity contribution >= 4 is 0 Å². The van der Waals surface area contributed by atoms with Gasteiger partial charge in [-0.05, 0) is 20.0 Å². The van der Waals surface area contributed by atoms with Crippen LogP contribution in [-0.2, 0) is 0 Å². The van der Waals surface area contributed by atoms with E-state index in [0.717, 1.165) is 0 Å². The third kappa shape index (κ3) is 7.54. The molecule has 1 nitrogen and oxygen atoms in total. The Balaban J connectivity index is 0. The van der Waals surface area contributed by atoms with E-state index in [2.05, 4.69) is 25.3 Å². The summed E-state index contributed by atoms with van der Waals surface area (Å²) in [5, 5.41) is 0. The van der Waals surface area contributed by atoms with E-state index in [-0.39, 0.29) is 0 Å². The van der Waals surface area contributed by atoms with Gasteiger partial charge in [0.15, 0.2) is 0 Å². The summed E-state index contributed by atoms with van der Waals surface area (Å²) < 4.78 is 0. The van der Waals surface area contributed by atoms with Gasteiger partial charge in [-0.3, -0.25) is 0 Å². The fraction of sp³-hybridized carbons (Fsp3) is 0.750. The molecule has 0 atom stereocenters. The number of hydrogen-bond donors (Lipinski definition) is 0.